The second-order valence-electron chi connectivity index (χ2n) is 4.41. The van der Waals surface area contributed by atoms with Gasteiger partial charge in [0.1, 0.15) is 11.9 Å². The van der Waals surface area contributed by atoms with Crippen LogP contribution in [0.2, 0.25) is 5.02 Å². The van der Waals surface area contributed by atoms with Crippen LogP contribution in [0.25, 0.3) is 0 Å². The fourth-order valence-electron chi connectivity index (χ4n) is 2.06. The SMILES string of the molecule is CNC(=O)c1cc(C)c(C(OC)c2cccc(Cl)c2)o1. The summed E-state index contributed by atoms with van der Waals surface area (Å²) in [6.07, 6.45) is -0.396. The summed E-state index contributed by atoms with van der Waals surface area (Å²) < 4.78 is 11.1. The predicted octanol–water partition coefficient (Wildman–Crippen LogP) is 3.34. The average Bonchev–Trinajstić information content (AvgIpc) is 2.81. The van der Waals surface area contributed by atoms with Crippen LogP contribution in [-0.4, -0.2) is 20.1 Å². The van der Waals surface area contributed by atoms with Gasteiger partial charge in [-0.05, 0) is 36.2 Å². The van der Waals surface area contributed by atoms with E-state index < -0.39 is 6.10 Å². The summed E-state index contributed by atoms with van der Waals surface area (Å²) in [5.41, 5.74) is 1.73. The zero-order valence-corrected chi connectivity index (χ0v) is 12.3. The third-order valence-electron chi connectivity index (χ3n) is 3.03. The van der Waals surface area contributed by atoms with Gasteiger partial charge < -0.3 is 14.5 Å². The van der Waals surface area contributed by atoms with Gasteiger partial charge in [-0.2, -0.15) is 0 Å². The minimum absolute atomic E-state index is 0.264. The van der Waals surface area contributed by atoms with Gasteiger partial charge in [0.15, 0.2) is 5.76 Å². The molecule has 0 saturated heterocycles. The van der Waals surface area contributed by atoms with Crippen molar-refractivity contribution in [2.45, 2.75) is 13.0 Å². The molecule has 1 unspecified atom stereocenters. The molecule has 4 nitrogen and oxygen atoms in total. The molecule has 106 valence electrons. The standard InChI is InChI=1S/C15H16ClNO3/c1-9-7-12(15(18)17-2)20-13(9)14(19-3)10-5-4-6-11(16)8-10/h4-8,14H,1-3H3,(H,17,18). The van der Waals surface area contributed by atoms with Crippen LogP contribution in [-0.2, 0) is 4.74 Å². The second-order valence-corrected chi connectivity index (χ2v) is 4.84. The Bertz CT molecular complexity index is 621. The summed E-state index contributed by atoms with van der Waals surface area (Å²) in [6.45, 7) is 1.88. The first-order valence-electron chi connectivity index (χ1n) is 6.17. The van der Waals surface area contributed by atoms with E-state index in [-0.39, 0.29) is 11.7 Å². The van der Waals surface area contributed by atoms with Crippen molar-refractivity contribution in [2.75, 3.05) is 14.2 Å². The quantitative estimate of drug-likeness (QED) is 0.940. The number of methoxy groups -OCH3 is 1. The first kappa shape index (κ1) is 14.6. The first-order chi connectivity index (χ1) is 9.56. The van der Waals surface area contributed by atoms with Crippen LogP contribution >= 0.6 is 11.6 Å². The summed E-state index contributed by atoms with van der Waals surface area (Å²) in [6, 6.07) is 9.06. The number of hydrogen-bond acceptors (Lipinski definition) is 3. The number of benzene rings is 1. The lowest BCUT2D eigenvalue weighted by molar-refractivity contribution is 0.0908. The summed E-state index contributed by atoms with van der Waals surface area (Å²) in [5, 5.41) is 3.16. The smallest absolute Gasteiger partial charge is 0.286 e. The Morgan fingerprint density at radius 3 is 2.75 bits per heavy atom. The Labute approximate surface area is 122 Å². The molecule has 5 heteroatoms. The van der Waals surface area contributed by atoms with E-state index in [1.54, 1.807) is 26.3 Å². The van der Waals surface area contributed by atoms with Gasteiger partial charge in [-0.3, -0.25) is 4.79 Å². The molecule has 2 rings (SSSR count). The number of halogens is 1. The number of amides is 1. The lowest BCUT2D eigenvalue weighted by Gasteiger charge is -2.14. The molecule has 0 aliphatic carbocycles. The zero-order chi connectivity index (χ0) is 14.7. The first-order valence-corrected chi connectivity index (χ1v) is 6.55. The van der Waals surface area contributed by atoms with Gasteiger partial charge in [-0.15, -0.1) is 0 Å². The molecule has 0 aliphatic heterocycles. The monoisotopic (exact) mass is 293 g/mol. The van der Waals surface area contributed by atoms with Gasteiger partial charge in [-0.1, -0.05) is 23.7 Å². The Morgan fingerprint density at radius 2 is 2.15 bits per heavy atom. The molecule has 0 bridgehead atoms. The van der Waals surface area contributed by atoms with Gasteiger partial charge >= 0.3 is 0 Å². The maximum Gasteiger partial charge on any atom is 0.286 e. The summed E-state index contributed by atoms with van der Waals surface area (Å²) >= 11 is 6.00. The van der Waals surface area contributed by atoms with E-state index in [0.717, 1.165) is 11.1 Å². The maximum absolute atomic E-state index is 11.6. The van der Waals surface area contributed by atoms with Crippen LogP contribution in [0.5, 0.6) is 0 Å². The van der Waals surface area contributed by atoms with E-state index in [2.05, 4.69) is 5.32 Å². The van der Waals surface area contributed by atoms with Crippen LogP contribution in [0.15, 0.2) is 34.7 Å². The Hall–Kier alpha value is -1.78. The highest BCUT2D eigenvalue weighted by molar-refractivity contribution is 6.30. The Morgan fingerprint density at radius 1 is 1.40 bits per heavy atom. The molecule has 1 atom stereocenters. The van der Waals surface area contributed by atoms with Gasteiger partial charge in [0.25, 0.3) is 5.91 Å². The molecule has 1 aromatic heterocycles. The molecule has 1 aromatic carbocycles. The number of furan rings is 1. The lowest BCUT2D eigenvalue weighted by atomic mass is 10.0. The number of carbonyl (C=O) groups excluding carboxylic acids is 1. The fourth-order valence-corrected chi connectivity index (χ4v) is 2.25. The van der Waals surface area contributed by atoms with E-state index in [1.807, 2.05) is 25.1 Å². The van der Waals surface area contributed by atoms with Crippen molar-refractivity contribution in [3.05, 3.63) is 58.0 Å². The molecular formula is C15H16ClNO3. The summed E-state index contributed by atoms with van der Waals surface area (Å²) in [5.74, 6) is 0.609. The van der Waals surface area contributed by atoms with Crippen molar-refractivity contribution >= 4 is 17.5 Å². The van der Waals surface area contributed by atoms with E-state index >= 15 is 0 Å². The normalized spacial score (nSPS) is 12.2. The maximum atomic E-state index is 11.6. The zero-order valence-electron chi connectivity index (χ0n) is 11.6. The van der Waals surface area contributed by atoms with Crippen LogP contribution in [0.1, 0.15) is 33.5 Å². The largest absolute Gasteiger partial charge is 0.452 e. The molecule has 0 aliphatic rings. The second kappa shape index (κ2) is 6.11. The molecule has 1 amide bonds. The molecule has 1 N–H and O–H groups in total. The number of carbonyl (C=O) groups is 1. The van der Waals surface area contributed by atoms with Gasteiger partial charge in [0.2, 0.25) is 0 Å². The number of aryl methyl sites for hydroxylation is 1. The van der Waals surface area contributed by atoms with Crippen molar-refractivity contribution < 1.29 is 13.9 Å². The number of ether oxygens (including phenoxy) is 1. The van der Waals surface area contributed by atoms with E-state index in [1.165, 1.54) is 0 Å². The highest BCUT2D eigenvalue weighted by Crippen LogP contribution is 2.31. The molecule has 0 saturated carbocycles. The minimum Gasteiger partial charge on any atom is -0.452 e. The number of nitrogens with one attached hydrogen (secondary N) is 1. The van der Waals surface area contributed by atoms with Gasteiger partial charge in [0, 0.05) is 19.2 Å². The van der Waals surface area contributed by atoms with Gasteiger partial charge in [0.05, 0.1) is 0 Å². The van der Waals surface area contributed by atoms with Crippen molar-refractivity contribution in [1.29, 1.82) is 0 Å². The van der Waals surface area contributed by atoms with E-state index in [9.17, 15) is 4.79 Å². The van der Waals surface area contributed by atoms with Gasteiger partial charge in [-0.25, -0.2) is 0 Å². The number of rotatable bonds is 4. The molecule has 0 spiro atoms. The predicted molar refractivity (Wildman–Crippen MR) is 77.1 cm³/mol. The van der Waals surface area contributed by atoms with Crippen molar-refractivity contribution in [1.82, 2.24) is 5.32 Å². The van der Waals surface area contributed by atoms with Crippen LogP contribution in [0, 0.1) is 6.92 Å². The van der Waals surface area contributed by atoms with Crippen LogP contribution in [0.4, 0.5) is 0 Å². The Balaban J connectivity index is 2.42. The highest BCUT2D eigenvalue weighted by Gasteiger charge is 2.22. The van der Waals surface area contributed by atoms with Crippen LogP contribution in [0.3, 0.4) is 0 Å². The van der Waals surface area contributed by atoms with Crippen molar-refractivity contribution in [3.63, 3.8) is 0 Å². The van der Waals surface area contributed by atoms with Crippen LogP contribution < -0.4 is 5.32 Å². The molecule has 2 aromatic rings. The van der Waals surface area contributed by atoms with E-state index in [0.29, 0.717) is 10.8 Å². The lowest BCUT2D eigenvalue weighted by Crippen LogP contribution is -2.16. The fraction of sp³-hybridized carbons (Fsp3) is 0.267. The van der Waals surface area contributed by atoms with Crippen molar-refractivity contribution in [3.8, 4) is 0 Å². The highest BCUT2D eigenvalue weighted by atomic mass is 35.5. The van der Waals surface area contributed by atoms with E-state index in [4.69, 9.17) is 20.8 Å². The minimum atomic E-state index is -0.396. The molecular weight excluding hydrogens is 278 g/mol. The summed E-state index contributed by atoms with van der Waals surface area (Å²) in [7, 11) is 3.15. The summed E-state index contributed by atoms with van der Waals surface area (Å²) in [4.78, 5) is 11.6. The Kier molecular flexibility index (Phi) is 4.47. The molecule has 1 heterocycles. The average molecular weight is 294 g/mol. The molecule has 0 radical (unpaired) electrons. The third kappa shape index (κ3) is 2.86. The molecule has 20 heavy (non-hydrogen) atoms. The number of hydrogen-bond donors (Lipinski definition) is 1. The van der Waals surface area contributed by atoms with Crippen molar-refractivity contribution in [2.24, 2.45) is 0 Å². The molecule has 0 fully saturated rings. The topological polar surface area (TPSA) is 51.5 Å². The third-order valence-corrected chi connectivity index (χ3v) is 3.27.